The third-order valence-electron chi connectivity index (χ3n) is 5.22. The standard InChI is InChI=1S/C21H27N7S2/c1-14-10-22-21(30-14)27-19-9-18(25-15(2)26-19)8-16-4-6-28(7-5-16)13-17-11-23-20(29-3)24-12-17/h9-12,16H,4-8,13H2,1-3H3,(H,22,25,26,27). The van der Waals surface area contributed by atoms with Crippen molar-refractivity contribution in [3.8, 4) is 0 Å². The first kappa shape index (κ1) is 21.1. The van der Waals surface area contributed by atoms with Gasteiger partial charge >= 0.3 is 0 Å². The van der Waals surface area contributed by atoms with Gasteiger partial charge in [0.25, 0.3) is 0 Å². The smallest absolute Gasteiger partial charge is 0.188 e. The summed E-state index contributed by atoms with van der Waals surface area (Å²) >= 11 is 3.21. The molecule has 1 aliphatic rings. The van der Waals surface area contributed by atoms with E-state index in [1.54, 1.807) is 23.1 Å². The number of hydrogen-bond donors (Lipinski definition) is 1. The second-order valence-electron chi connectivity index (χ2n) is 7.69. The van der Waals surface area contributed by atoms with Gasteiger partial charge in [-0.2, -0.15) is 0 Å². The summed E-state index contributed by atoms with van der Waals surface area (Å²) in [6.07, 6.45) is 11.1. The Morgan fingerprint density at radius 1 is 1.10 bits per heavy atom. The third kappa shape index (κ3) is 5.74. The number of anilines is 2. The van der Waals surface area contributed by atoms with Crippen LogP contribution in [-0.2, 0) is 13.0 Å². The van der Waals surface area contributed by atoms with Gasteiger partial charge in [0.15, 0.2) is 10.3 Å². The molecule has 30 heavy (non-hydrogen) atoms. The summed E-state index contributed by atoms with van der Waals surface area (Å²) < 4.78 is 0. The molecule has 0 spiro atoms. The minimum atomic E-state index is 0.653. The minimum absolute atomic E-state index is 0.653. The largest absolute Gasteiger partial charge is 0.316 e. The van der Waals surface area contributed by atoms with Crippen LogP contribution in [0.3, 0.4) is 0 Å². The number of aromatic nitrogens is 5. The number of hydrogen-bond acceptors (Lipinski definition) is 9. The van der Waals surface area contributed by atoms with E-state index in [2.05, 4.69) is 48.1 Å². The molecule has 1 aliphatic heterocycles. The van der Waals surface area contributed by atoms with Crippen LogP contribution in [0.15, 0.2) is 29.8 Å². The monoisotopic (exact) mass is 441 g/mol. The van der Waals surface area contributed by atoms with E-state index in [1.807, 2.05) is 31.8 Å². The molecule has 0 aliphatic carbocycles. The van der Waals surface area contributed by atoms with E-state index in [0.29, 0.717) is 5.92 Å². The summed E-state index contributed by atoms with van der Waals surface area (Å²) in [5.74, 6) is 2.29. The van der Waals surface area contributed by atoms with Gasteiger partial charge in [-0.05, 0) is 58.4 Å². The zero-order valence-corrected chi connectivity index (χ0v) is 19.3. The van der Waals surface area contributed by atoms with Crippen molar-refractivity contribution in [1.29, 1.82) is 0 Å². The molecular formula is C21H27N7S2. The fourth-order valence-corrected chi connectivity index (χ4v) is 4.74. The molecule has 4 heterocycles. The van der Waals surface area contributed by atoms with E-state index < -0.39 is 0 Å². The van der Waals surface area contributed by atoms with Gasteiger partial charge in [0.05, 0.1) is 0 Å². The maximum atomic E-state index is 4.68. The zero-order valence-electron chi connectivity index (χ0n) is 17.6. The van der Waals surface area contributed by atoms with Crippen LogP contribution in [0, 0.1) is 19.8 Å². The maximum absolute atomic E-state index is 4.68. The molecule has 3 aromatic heterocycles. The SMILES string of the molecule is CSc1ncc(CN2CCC(Cc3cc(Nc4ncc(C)s4)nc(C)n3)CC2)cn1. The molecular weight excluding hydrogens is 414 g/mol. The van der Waals surface area contributed by atoms with Crippen molar-refractivity contribution in [3.63, 3.8) is 0 Å². The average molecular weight is 442 g/mol. The molecule has 3 aromatic rings. The van der Waals surface area contributed by atoms with Crippen LogP contribution in [0.25, 0.3) is 0 Å². The maximum Gasteiger partial charge on any atom is 0.188 e. The highest BCUT2D eigenvalue weighted by Crippen LogP contribution is 2.25. The molecule has 9 heteroatoms. The minimum Gasteiger partial charge on any atom is -0.316 e. The fourth-order valence-electron chi connectivity index (χ4n) is 3.75. The molecule has 0 saturated carbocycles. The Morgan fingerprint density at radius 3 is 2.53 bits per heavy atom. The first-order chi connectivity index (χ1) is 14.6. The molecule has 0 unspecified atom stereocenters. The van der Waals surface area contributed by atoms with E-state index >= 15 is 0 Å². The summed E-state index contributed by atoms with van der Waals surface area (Å²) in [6.45, 7) is 7.13. The lowest BCUT2D eigenvalue weighted by atomic mass is 9.92. The predicted molar refractivity (Wildman–Crippen MR) is 122 cm³/mol. The van der Waals surface area contributed by atoms with E-state index in [1.165, 1.54) is 23.3 Å². The first-order valence-electron chi connectivity index (χ1n) is 10.2. The van der Waals surface area contributed by atoms with Gasteiger partial charge in [-0.25, -0.2) is 24.9 Å². The lowest BCUT2D eigenvalue weighted by Crippen LogP contribution is -2.34. The third-order valence-corrected chi connectivity index (χ3v) is 6.63. The van der Waals surface area contributed by atoms with Gasteiger partial charge in [-0.15, -0.1) is 11.3 Å². The van der Waals surface area contributed by atoms with Crippen LogP contribution in [0.4, 0.5) is 10.9 Å². The molecule has 0 bridgehead atoms. The number of thioether (sulfide) groups is 1. The van der Waals surface area contributed by atoms with Gasteiger partial charge in [0.1, 0.15) is 11.6 Å². The van der Waals surface area contributed by atoms with E-state index in [0.717, 1.165) is 53.7 Å². The molecule has 0 aromatic carbocycles. The van der Waals surface area contributed by atoms with Gasteiger partial charge in [0.2, 0.25) is 0 Å². The van der Waals surface area contributed by atoms with Crippen molar-refractivity contribution in [2.75, 3.05) is 24.7 Å². The Morgan fingerprint density at radius 2 is 1.87 bits per heavy atom. The number of rotatable bonds is 7. The van der Waals surface area contributed by atoms with Gasteiger partial charge in [-0.1, -0.05) is 11.8 Å². The molecule has 1 N–H and O–H groups in total. The molecule has 158 valence electrons. The number of likely N-dealkylation sites (tertiary alicyclic amines) is 1. The quantitative estimate of drug-likeness (QED) is 0.430. The molecule has 1 saturated heterocycles. The van der Waals surface area contributed by atoms with E-state index in [-0.39, 0.29) is 0 Å². The Bertz CT molecular complexity index is 966. The number of thiazole rings is 1. The summed E-state index contributed by atoms with van der Waals surface area (Å²) in [5, 5.41) is 5.02. The van der Waals surface area contributed by atoms with Crippen LogP contribution >= 0.6 is 23.1 Å². The topological polar surface area (TPSA) is 79.7 Å². The van der Waals surface area contributed by atoms with Crippen molar-refractivity contribution < 1.29 is 0 Å². The lowest BCUT2D eigenvalue weighted by Gasteiger charge is -2.31. The predicted octanol–water partition coefficient (Wildman–Crippen LogP) is 4.26. The molecule has 0 amide bonds. The van der Waals surface area contributed by atoms with Gasteiger partial charge in [0, 0.05) is 47.3 Å². The zero-order chi connectivity index (χ0) is 20.9. The molecule has 0 radical (unpaired) electrons. The summed E-state index contributed by atoms with van der Waals surface area (Å²) in [6, 6.07) is 2.07. The number of nitrogens with one attached hydrogen (secondary N) is 1. The van der Waals surface area contributed by atoms with Crippen LogP contribution in [-0.4, -0.2) is 49.2 Å². The normalized spacial score (nSPS) is 15.4. The number of piperidine rings is 1. The second-order valence-corrected chi connectivity index (χ2v) is 9.70. The summed E-state index contributed by atoms with van der Waals surface area (Å²) in [5.41, 5.74) is 2.29. The lowest BCUT2D eigenvalue weighted by molar-refractivity contribution is 0.176. The average Bonchev–Trinajstić information content (AvgIpc) is 3.14. The highest BCUT2D eigenvalue weighted by atomic mass is 32.2. The Kier molecular flexibility index (Phi) is 6.91. The molecule has 4 rings (SSSR count). The second kappa shape index (κ2) is 9.80. The Balaban J connectivity index is 1.31. The van der Waals surface area contributed by atoms with Crippen LogP contribution < -0.4 is 5.32 Å². The Hall–Kier alpha value is -2.10. The number of nitrogens with zero attached hydrogens (tertiary/aromatic N) is 6. The van der Waals surface area contributed by atoms with Crippen molar-refractivity contribution in [3.05, 3.63) is 46.6 Å². The van der Waals surface area contributed by atoms with Crippen molar-refractivity contribution in [2.24, 2.45) is 5.92 Å². The molecule has 7 nitrogen and oxygen atoms in total. The highest BCUT2D eigenvalue weighted by molar-refractivity contribution is 7.98. The van der Waals surface area contributed by atoms with Gasteiger partial charge in [-0.3, -0.25) is 4.90 Å². The first-order valence-corrected chi connectivity index (χ1v) is 12.2. The van der Waals surface area contributed by atoms with Crippen LogP contribution in [0.1, 0.15) is 34.8 Å². The Labute approximate surface area is 185 Å². The summed E-state index contributed by atoms with van der Waals surface area (Å²) in [7, 11) is 0. The van der Waals surface area contributed by atoms with Gasteiger partial charge < -0.3 is 5.32 Å². The van der Waals surface area contributed by atoms with Crippen molar-refractivity contribution in [1.82, 2.24) is 29.8 Å². The van der Waals surface area contributed by atoms with E-state index in [4.69, 9.17) is 0 Å². The molecule has 0 atom stereocenters. The molecule has 1 fully saturated rings. The van der Waals surface area contributed by atoms with Crippen molar-refractivity contribution in [2.45, 2.75) is 44.8 Å². The summed E-state index contributed by atoms with van der Waals surface area (Å²) in [4.78, 5) is 26.0. The number of aryl methyl sites for hydroxylation is 2. The van der Waals surface area contributed by atoms with Crippen LogP contribution in [0.5, 0.6) is 0 Å². The fraction of sp³-hybridized carbons (Fsp3) is 0.476. The van der Waals surface area contributed by atoms with Crippen molar-refractivity contribution >= 4 is 34.0 Å². The van der Waals surface area contributed by atoms with E-state index in [9.17, 15) is 0 Å². The van der Waals surface area contributed by atoms with Crippen LogP contribution in [0.2, 0.25) is 0 Å². The highest BCUT2D eigenvalue weighted by Gasteiger charge is 2.21.